The number of aromatic nitrogens is 2. The number of morpholine rings is 1. The van der Waals surface area contributed by atoms with Gasteiger partial charge >= 0.3 is 11.7 Å². The first-order valence-corrected chi connectivity index (χ1v) is 9.40. The number of nitrogens with one attached hydrogen (secondary N) is 1. The zero-order valence-electron chi connectivity index (χ0n) is 15.0. The number of aromatic amines is 1. The van der Waals surface area contributed by atoms with Crippen LogP contribution >= 0.6 is 0 Å². The van der Waals surface area contributed by atoms with Gasteiger partial charge in [0.25, 0.3) is 5.91 Å². The molecule has 4 rings (SSSR count). The van der Waals surface area contributed by atoms with Gasteiger partial charge in [0.15, 0.2) is 0 Å². The van der Waals surface area contributed by atoms with Gasteiger partial charge in [-0.05, 0) is 31.0 Å². The number of carbonyl (C=O) groups excluding carboxylic acids is 1. The molecule has 27 heavy (non-hydrogen) atoms. The average Bonchev–Trinajstić information content (AvgIpc) is 3.26. The lowest BCUT2D eigenvalue weighted by Crippen LogP contribution is -2.46. The number of aliphatic carboxylic acids is 1. The second-order valence-electron chi connectivity index (χ2n) is 7.31. The number of amides is 1. The van der Waals surface area contributed by atoms with Crippen LogP contribution in [0, 0.1) is 0 Å². The molecular weight excluding hydrogens is 350 g/mol. The summed E-state index contributed by atoms with van der Waals surface area (Å²) in [6.45, 7) is 0.996. The Morgan fingerprint density at radius 3 is 2.78 bits per heavy atom. The summed E-state index contributed by atoms with van der Waals surface area (Å²) in [6.07, 6.45) is 3.66. The average molecular weight is 373 g/mol. The normalized spacial score (nSPS) is 21.0. The number of carboxylic acids is 1. The molecule has 144 valence electrons. The quantitative estimate of drug-likeness (QED) is 0.850. The number of benzene rings is 1. The van der Waals surface area contributed by atoms with E-state index in [2.05, 4.69) is 4.98 Å². The van der Waals surface area contributed by atoms with Gasteiger partial charge in [0.2, 0.25) is 0 Å². The fourth-order valence-corrected chi connectivity index (χ4v) is 4.19. The van der Waals surface area contributed by atoms with E-state index in [-0.39, 0.29) is 30.6 Å². The maximum absolute atomic E-state index is 12.8. The predicted molar refractivity (Wildman–Crippen MR) is 98.0 cm³/mol. The molecule has 1 saturated carbocycles. The molecule has 2 aliphatic rings. The van der Waals surface area contributed by atoms with Gasteiger partial charge in [-0.25, -0.2) is 4.79 Å². The number of nitrogens with zero attached hydrogens (tertiary/aromatic N) is 2. The zero-order chi connectivity index (χ0) is 19.0. The van der Waals surface area contributed by atoms with Gasteiger partial charge in [-0.3, -0.25) is 14.2 Å². The molecule has 8 nitrogen and oxygen atoms in total. The second kappa shape index (κ2) is 7.19. The Balaban J connectivity index is 1.57. The van der Waals surface area contributed by atoms with Crippen molar-refractivity contribution in [2.75, 3.05) is 19.7 Å². The fraction of sp³-hybridized carbons (Fsp3) is 0.526. The van der Waals surface area contributed by atoms with Gasteiger partial charge in [0, 0.05) is 24.7 Å². The van der Waals surface area contributed by atoms with Gasteiger partial charge in [-0.15, -0.1) is 0 Å². The Morgan fingerprint density at radius 1 is 1.26 bits per heavy atom. The molecule has 0 radical (unpaired) electrons. The minimum atomic E-state index is -0.943. The summed E-state index contributed by atoms with van der Waals surface area (Å²) in [6, 6.07) is 5.51. The molecule has 0 bridgehead atoms. The maximum Gasteiger partial charge on any atom is 0.326 e. The Bertz CT molecular complexity index is 925. The Morgan fingerprint density at radius 2 is 2.04 bits per heavy atom. The van der Waals surface area contributed by atoms with Crippen molar-refractivity contribution < 1.29 is 19.4 Å². The van der Waals surface area contributed by atoms with Gasteiger partial charge in [-0.1, -0.05) is 12.8 Å². The molecule has 8 heteroatoms. The Kier molecular flexibility index (Phi) is 4.73. The van der Waals surface area contributed by atoms with E-state index in [0.717, 1.165) is 31.2 Å². The highest BCUT2D eigenvalue weighted by Gasteiger charge is 2.27. The number of carboxylic acid groups (broad SMARTS) is 1. The number of rotatable bonds is 4. The molecule has 1 saturated heterocycles. The molecule has 2 heterocycles. The van der Waals surface area contributed by atoms with Crippen molar-refractivity contribution >= 4 is 22.9 Å². The number of fused-ring (bicyclic) bond motifs is 1. The number of imidazole rings is 1. The summed E-state index contributed by atoms with van der Waals surface area (Å²) in [5.41, 5.74) is 1.84. The van der Waals surface area contributed by atoms with Gasteiger partial charge in [0.05, 0.1) is 30.2 Å². The van der Waals surface area contributed by atoms with Crippen molar-refractivity contribution in [2.24, 2.45) is 0 Å². The van der Waals surface area contributed by atoms with Crippen LogP contribution in [-0.4, -0.2) is 57.2 Å². The summed E-state index contributed by atoms with van der Waals surface area (Å²) in [4.78, 5) is 40.6. The van der Waals surface area contributed by atoms with Crippen molar-refractivity contribution in [3.8, 4) is 0 Å². The number of ether oxygens (including phenoxy) is 1. The first-order valence-electron chi connectivity index (χ1n) is 9.40. The minimum Gasteiger partial charge on any atom is -0.481 e. The van der Waals surface area contributed by atoms with Crippen molar-refractivity contribution in [1.29, 1.82) is 0 Å². The molecule has 1 aromatic carbocycles. The first kappa shape index (κ1) is 17.8. The summed E-state index contributed by atoms with van der Waals surface area (Å²) >= 11 is 0. The predicted octanol–water partition coefficient (Wildman–Crippen LogP) is 1.76. The molecule has 1 aliphatic carbocycles. The lowest BCUT2D eigenvalue weighted by Gasteiger charge is -2.32. The molecule has 2 aromatic rings. The third-order valence-corrected chi connectivity index (χ3v) is 5.48. The molecule has 1 atom stereocenters. The van der Waals surface area contributed by atoms with Crippen LogP contribution in [0.25, 0.3) is 11.0 Å². The fourth-order valence-electron chi connectivity index (χ4n) is 4.19. The Hall–Kier alpha value is -2.61. The van der Waals surface area contributed by atoms with E-state index in [9.17, 15) is 14.4 Å². The zero-order valence-corrected chi connectivity index (χ0v) is 15.0. The highest BCUT2D eigenvalue weighted by atomic mass is 16.5. The van der Waals surface area contributed by atoms with E-state index in [1.54, 1.807) is 17.0 Å². The van der Waals surface area contributed by atoms with Crippen LogP contribution < -0.4 is 5.69 Å². The molecule has 0 spiro atoms. The SMILES string of the molecule is O=C(O)CC1CN(C(=O)c2ccc3c(c2)[nH]c(=O)n3C2CCCC2)CCO1. The van der Waals surface area contributed by atoms with Crippen LogP contribution in [0.4, 0.5) is 0 Å². The van der Waals surface area contributed by atoms with Crippen molar-refractivity contribution in [3.05, 3.63) is 34.2 Å². The Labute approximate surface area is 155 Å². The number of hydrogen-bond acceptors (Lipinski definition) is 4. The van der Waals surface area contributed by atoms with Crippen molar-refractivity contribution in [1.82, 2.24) is 14.5 Å². The van der Waals surface area contributed by atoms with E-state index in [4.69, 9.17) is 9.84 Å². The van der Waals surface area contributed by atoms with Crippen LogP contribution in [0.15, 0.2) is 23.0 Å². The van der Waals surface area contributed by atoms with Crippen molar-refractivity contribution in [3.63, 3.8) is 0 Å². The minimum absolute atomic E-state index is 0.125. The molecule has 2 fully saturated rings. The number of H-pyrrole nitrogens is 1. The highest BCUT2D eigenvalue weighted by Crippen LogP contribution is 2.30. The van der Waals surface area contributed by atoms with Crippen LogP contribution in [0.1, 0.15) is 48.5 Å². The van der Waals surface area contributed by atoms with E-state index < -0.39 is 12.1 Å². The summed E-state index contributed by atoms with van der Waals surface area (Å²) in [5.74, 6) is -1.12. The van der Waals surface area contributed by atoms with E-state index in [0.29, 0.717) is 24.2 Å². The smallest absolute Gasteiger partial charge is 0.326 e. The van der Waals surface area contributed by atoms with Gasteiger partial charge in [0.1, 0.15) is 0 Å². The lowest BCUT2D eigenvalue weighted by molar-refractivity contribution is -0.141. The summed E-state index contributed by atoms with van der Waals surface area (Å²) in [7, 11) is 0. The van der Waals surface area contributed by atoms with Crippen molar-refractivity contribution in [2.45, 2.75) is 44.2 Å². The van der Waals surface area contributed by atoms with Crippen LogP contribution in [0.5, 0.6) is 0 Å². The molecular formula is C19H23N3O5. The monoisotopic (exact) mass is 373 g/mol. The van der Waals surface area contributed by atoms with E-state index in [1.807, 2.05) is 10.6 Å². The topological polar surface area (TPSA) is 105 Å². The van der Waals surface area contributed by atoms with Crippen LogP contribution in [0.3, 0.4) is 0 Å². The van der Waals surface area contributed by atoms with E-state index in [1.165, 1.54) is 0 Å². The largest absolute Gasteiger partial charge is 0.481 e. The molecule has 2 N–H and O–H groups in total. The standard InChI is InChI=1S/C19H23N3O5/c23-17(24)10-14-11-21(7-8-27-14)18(25)12-5-6-16-15(9-12)20-19(26)22(16)13-3-1-2-4-13/h5-6,9,13-14H,1-4,7-8,10-11H2,(H,20,26)(H,23,24). The van der Waals surface area contributed by atoms with Gasteiger partial charge < -0.3 is 19.7 Å². The molecule has 1 aromatic heterocycles. The number of carbonyl (C=O) groups is 2. The first-order chi connectivity index (χ1) is 13.0. The third kappa shape index (κ3) is 3.49. The summed E-state index contributed by atoms with van der Waals surface area (Å²) in [5, 5.41) is 8.92. The summed E-state index contributed by atoms with van der Waals surface area (Å²) < 4.78 is 7.24. The third-order valence-electron chi connectivity index (χ3n) is 5.48. The highest BCUT2D eigenvalue weighted by molar-refractivity contribution is 5.97. The van der Waals surface area contributed by atoms with Crippen LogP contribution in [-0.2, 0) is 9.53 Å². The number of hydrogen-bond donors (Lipinski definition) is 2. The molecule has 1 amide bonds. The maximum atomic E-state index is 12.8. The van der Waals surface area contributed by atoms with E-state index >= 15 is 0 Å². The molecule has 1 unspecified atom stereocenters. The molecule has 1 aliphatic heterocycles. The van der Waals surface area contributed by atoms with Gasteiger partial charge in [-0.2, -0.15) is 0 Å². The van der Waals surface area contributed by atoms with Crippen LogP contribution in [0.2, 0.25) is 0 Å². The lowest BCUT2D eigenvalue weighted by atomic mass is 10.1. The second-order valence-corrected chi connectivity index (χ2v) is 7.31.